The summed E-state index contributed by atoms with van der Waals surface area (Å²) in [5.41, 5.74) is 1.05. The van der Waals surface area contributed by atoms with E-state index in [0.717, 1.165) is 0 Å². The topological polar surface area (TPSA) is 87.0 Å². The second-order valence-corrected chi connectivity index (χ2v) is 7.11. The van der Waals surface area contributed by atoms with Crippen molar-refractivity contribution in [3.8, 4) is 6.07 Å². The third kappa shape index (κ3) is 4.67. The van der Waals surface area contributed by atoms with Crippen molar-refractivity contribution in [2.45, 2.75) is 31.9 Å². The zero-order chi connectivity index (χ0) is 15.2. The van der Waals surface area contributed by atoms with Gasteiger partial charge in [0, 0.05) is 12.1 Å². The van der Waals surface area contributed by atoms with E-state index in [1.807, 2.05) is 6.07 Å². The number of carbonyl (C=O) groups excluding carboxylic acids is 1. The van der Waals surface area contributed by atoms with Crippen LogP contribution in [-0.2, 0) is 14.6 Å². The number of benzene rings is 1. The number of sulfone groups is 1. The lowest BCUT2D eigenvalue weighted by atomic mass is 10.2. The van der Waals surface area contributed by atoms with E-state index in [1.54, 1.807) is 38.1 Å². The van der Waals surface area contributed by atoms with E-state index >= 15 is 0 Å². The molecule has 1 amide bonds. The van der Waals surface area contributed by atoms with Crippen LogP contribution in [0.15, 0.2) is 24.3 Å². The Morgan fingerprint density at radius 3 is 2.45 bits per heavy atom. The van der Waals surface area contributed by atoms with Crippen molar-refractivity contribution >= 4 is 21.4 Å². The summed E-state index contributed by atoms with van der Waals surface area (Å²) in [7, 11) is -3.21. The van der Waals surface area contributed by atoms with Gasteiger partial charge in [0.25, 0.3) is 0 Å². The van der Waals surface area contributed by atoms with Crippen molar-refractivity contribution in [3.63, 3.8) is 0 Å². The van der Waals surface area contributed by atoms with Gasteiger partial charge in [-0.2, -0.15) is 5.26 Å². The SMILES string of the molecule is CCC(C)S(=O)(=O)CCC(=O)Nc1ccc(C#N)cc1. The van der Waals surface area contributed by atoms with E-state index in [2.05, 4.69) is 5.32 Å². The maximum absolute atomic E-state index is 11.8. The largest absolute Gasteiger partial charge is 0.326 e. The van der Waals surface area contributed by atoms with Gasteiger partial charge in [0.05, 0.1) is 22.6 Å². The van der Waals surface area contributed by atoms with Crippen molar-refractivity contribution in [1.29, 1.82) is 5.26 Å². The second kappa shape index (κ2) is 7.06. The Morgan fingerprint density at radius 2 is 1.95 bits per heavy atom. The van der Waals surface area contributed by atoms with Crippen LogP contribution in [0.25, 0.3) is 0 Å². The van der Waals surface area contributed by atoms with Crippen molar-refractivity contribution in [3.05, 3.63) is 29.8 Å². The number of amides is 1. The lowest BCUT2D eigenvalue weighted by Crippen LogP contribution is -2.24. The molecule has 0 aromatic heterocycles. The predicted molar refractivity (Wildman–Crippen MR) is 77.9 cm³/mol. The Morgan fingerprint density at radius 1 is 1.35 bits per heavy atom. The van der Waals surface area contributed by atoms with E-state index in [4.69, 9.17) is 5.26 Å². The molecular formula is C14H18N2O3S. The number of anilines is 1. The summed E-state index contributed by atoms with van der Waals surface area (Å²) >= 11 is 0. The molecule has 20 heavy (non-hydrogen) atoms. The number of hydrogen-bond donors (Lipinski definition) is 1. The van der Waals surface area contributed by atoms with Gasteiger partial charge < -0.3 is 5.32 Å². The molecular weight excluding hydrogens is 276 g/mol. The molecule has 108 valence electrons. The summed E-state index contributed by atoms with van der Waals surface area (Å²) in [6, 6.07) is 8.38. The maximum atomic E-state index is 11.8. The molecule has 0 aliphatic carbocycles. The normalized spacial score (nSPS) is 12.4. The van der Waals surface area contributed by atoms with Crippen molar-refractivity contribution in [1.82, 2.24) is 0 Å². The van der Waals surface area contributed by atoms with E-state index in [-0.39, 0.29) is 18.1 Å². The van der Waals surface area contributed by atoms with Gasteiger partial charge in [-0.25, -0.2) is 8.42 Å². The first kappa shape index (κ1) is 16.2. The van der Waals surface area contributed by atoms with Gasteiger partial charge in [-0.15, -0.1) is 0 Å². The highest BCUT2D eigenvalue weighted by Gasteiger charge is 2.20. The first-order chi connectivity index (χ1) is 9.39. The van der Waals surface area contributed by atoms with Crippen LogP contribution in [0.1, 0.15) is 32.3 Å². The first-order valence-electron chi connectivity index (χ1n) is 6.40. The van der Waals surface area contributed by atoms with Gasteiger partial charge in [0.1, 0.15) is 0 Å². The molecule has 0 spiro atoms. The zero-order valence-corrected chi connectivity index (χ0v) is 12.4. The molecule has 0 fully saturated rings. The van der Waals surface area contributed by atoms with Crippen molar-refractivity contribution < 1.29 is 13.2 Å². The average Bonchev–Trinajstić information content (AvgIpc) is 2.45. The van der Waals surface area contributed by atoms with Gasteiger partial charge in [0.15, 0.2) is 9.84 Å². The lowest BCUT2D eigenvalue weighted by Gasteiger charge is -2.10. The molecule has 1 atom stereocenters. The van der Waals surface area contributed by atoms with Gasteiger partial charge in [-0.05, 0) is 37.6 Å². The average molecular weight is 294 g/mol. The van der Waals surface area contributed by atoms with Crippen LogP contribution in [-0.4, -0.2) is 25.3 Å². The molecule has 1 rings (SSSR count). The molecule has 5 nitrogen and oxygen atoms in total. The Bertz CT molecular complexity index is 600. The lowest BCUT2D eigenvalue weighted by molar-refractivity contribution is -0.115. The molecule has 1 unspecified atom stereocenters. The maximum Gasteiger partial charge on any atom is 0.225 e. The fourth-order valence-corrected chi connectivity index (χ4v) is 2.92. The monoisotopic (exact) mass is 294 g/mol. The van der Waals surface area contributed by atoms with Crippen LogP contribution in [0.2, 0.25) is 0 Å². The van der Waals surface area contributed by atoms with Crippen LogP contribution in [0.3, 0.4) is 0 Å². The Kier molecular flexibility index (Phi) is 5.71. The van der Waals surface area contributed by atoms with E-state index in [0.29, 0.717) is 17.7 Å². The first-order valence-corrected chi connectivity index (χ1v) is 8.12. The molecule has 1 aromatic rings. The Hall–Kier alpha value is -1.87. The van der Waals surface area contributed by atoms with E-state index < -0.39 is 15.1 Å². The summed E-state index contributed by atoms with van der Waals surface area (Å²) < 4.78 is 23.6. The van der Waals surface area contributed by atoms with Gasteiger partial charge in [0.2, 0.25) is 5.91 Å². The minimum Gasteiger partial charge on any atom is -0.326 e. The van der Waals surface area contributed by atoms with Gasteiger partial charge in [-0.3, -0.25) is 4.79 Å². The van der Waals surface area contributed by atoms with Crippen LogP contribution in [0, 0.1) is 11.3 Å². The molecule has 0 bridgehead atoms. The van der Waals surface area contributed by atoms with E-state index in [1.165, 1.54) is 0 Å². The number of hydrogen-bond acceptors (Lipinski definition) is 4. The second-order valence-electron chi connectivity index (χ2n) is 4.57. The molecule has 6 heteroatoms. The fourth-order valence-electron chi connectivity index (χ4n) is 1.54. The van der Waals surface area contributed by atoms with E-state index in [9.17, 15) is 13.2 Å². The molecule has 0 radical (unpaired) electrons. The number of rotatable bonds is 6. The third-order valence-corrected chi connectivity index (χ3v) is 5.43. The van der Waals surface area contributed by atoms with Crippen molar-refractivity contribution in [2.24, 2.45) is 0 Å². The van der Waals surface area contributed by atoms with Crippen LogP contribution in [0.5, 0.6) is 0 Å². The number of nitrogens with one attached hydrogen (secondary N) is 1. The highest BCUT2D eigenvalue weighted by Crippen LogP contribution is 2.11. The van der Waals surface area contributed by atoms with Crippen LogP contribution < -0.4 is 5.32 Å². The summed E-state index contributed by atoms with van der Waals surface area (Å²) in [6.45, 7) is 3.45. The number of nitriles is 1. The Labute approximate surface area is 119 Å². The Balaban J connectivity index is 2.54. The molecule has 1 N–H and O–H groups in total. The summed E-state index contributed by atoms with van der Waals surface area (Å²) in [6.07, 6.45) is 0.478. The molecule has 0 saturated heterocycles. The van der Waals surface area contributed by atoms with Crippen LogP contribution >= 0.6 is 0 Å². The predicted octanol–water partition coefficient (Wildman–Crippen LogP) is 2.10. The molecule has 0 aliphatic heterocycles. The highest BCUT2D eigenvalue weighted by atomic mass is 32.2. The zero-order valence-electron chi connectivity index (χ0n) is 11.6. The summed E-state index contributed by atoms with van der Waals surface area (Å²) in [4.78, 5) is 11.7. The third-order valence-electron chi connectivity index (χ3n) is 3.10. The van der Waals surface area contributed by atoms with Crippen LogP contribution in [0.4, 0.5) is 5.69 Å². The fraction of sp³-hybridized carbons (Fsp3) is 0.429. The minimum absolute atomic E-state index is 0.0628. The molecule has 1 aromatic carbocycles. The summed E-state index contributed by atoms with van der Waals surface area (Å²) in [5, 5.41) is 10.8. The minimum atomic E-state index is -3.21. The number of carbonyl (C=O) groups is 1. The van der Waals surface area contributed by atoms with Crippen molar-refractivity contribution in [2.75, 3.05) is 11.1 Å². The van der Waals surface area contributed by atoms with Gasteiger partial charge in [-0.1, -0.05) is 6.92 Å². The molecule has 0 aliphatic rings. The molecule has 0 heterocycles. The standard InChI is InChI=1S/C14H18N2O3S/c1-3-11(2)20(18,19)9-8-14(17)16-13-6-4-12(10-15)5-7-13/h4-7,11H,3,8-9H2,1-2H3,(H,16,17). The quantitative estimate of drug-likeness (QED) is 0.870. The van der Waals surface area contributed by atoms with Gasteiger partial charge >= 0.3 is 0 Å². The summed E-state index contributed by atoms with van der Waals surface area (Å²) in [5.74, 6) is -0.494. The highest BCUT2D eigenvalue weighted by molar-refractivity contribution is 7.92. The molecule has 0 saturated carbocycles. The smallest absolute Gasteiger partial charge is 0.225 e. The number of nitrogens with zero attached hydrogens (tertiary/aromatic N) is 1.